The highest BCUT2D eigenvalue weighted by Crippen LogP contribution is 2.37. The van der Waals surface area contributed by atoms with E-state index in [1.54, 1.807) is 0 Å². The van der Waals surface area contributed by atoms with Gasteiger partial charge in [-0.2, -0.15) is 0 Å². The lowest BCUT2D eigenvalue weighted by Gasteiger charge is -2.18. The summed E-state index contributed by atoms with van der Waals surface area (Å²) in [6.07, 6.45) is 2.04. The van der Waals surface area contributed by atoms with Crippen LogP contribution in [0.1, 0.15) is 0 Å². The van der Waals surface area contributed by atoms with Crippen molar-refractivity contribution in [2.24, 2.45) is 7.05 Å². The summed E-state index contributed by atoms with van der Waals surface area (Å²) >= 11 is 3.53. The molecule has 0 unspecified atom stereocenters. The minimum atomic E-state index is 0.628. The van der Waals surface area contributed by atoms with Gasteiger partial charge in [-0.15, -0.1) is 0 Å². The smallest absolute Gasteiger partial charge is 0.163 e. The van der Waals surface area contributed by atoms with E-state index in [4.69, 9.17) is 9.47 Å². The van der Waals surface area contributed by atoms with Crippen LogP contribution in [-0.2, 0) is 7.05 Å². The van der Waals surface area contributed by atoms with E-state index in [1.807, 2.05) is 25.4 Å². The summed E-state index contributed by atoms with van der Waals surface area (Å²) in [5, 5.41) is 1.15. The maximum Gasteiger partial charge on any atom is 0.163 e. The molecule has 1 aliphatic rings. The molecule has 1 aromatic carbocycles. The molecule has 0 saturated heterocycles. The number of nitrogens with zero attached hydrogens (tertiary/aromatic N) is 1. The molecule has 78 valence electrons. The second kappa shape index (κ2) is 3.17. The van der Waals surface area contributed by atoms with Crippen molar-refractivity contribution >= 4 is 26.8 Å². The molecule has 15 heavy (non-hydrogen) atoms. The van der Waals surface area contributed by atoms with Crippen LogP contribution in [0, 0.1) is 0 Å². The minimum Gasteiger partial charge on any atom is -0.486 e. The average molecular weight is 268 g/mol. The number of halogens is 1. The van der Waals surface area contributed by atoms with E-state index in [2.05, 4.69) is 20.5 Å². The van der Waals surface area contributed by atoms with Gasteiger partial charge in [-0.05, 0) is 22.0 Å². The van der Waals surface area contributed by atoms with Gasteiger partial charge in [0.25, 0.3) is 0 Å². The summed E-state index contributed by atoms with van der Waals surface area (Å²) in [6.45, 7) is 1.26. The lowest BCUT2D eigenvalue weighted by molar-refractivity contribution is 0.172. The molecule has 0 N–H and O–H groups in total. The molecule has 1 aliphatic heterocycles. The molecule has 4 heteroatoms. The molecule has 0 amide bonds. The SMILES string of the molecule is Cn1cc(Br)c2cc3c(cc21)OCCO3. The summed E-state index contributed by atoms with van der Waals surface area (Å²) in [7, 11) is 2.02. The Morgan fingerprint density at radius 3 is 2.60 bits per heavy atom. The molecule has 3 nitrogen and oxygen atoms in total. The number of hydrogen-bond donors (Lipinski definition) is 0. The van der Waals surface area contributed by atoms with Crippen LogP contribution in [0.2, 0.25) is 0 Å². The molecule has 0 saturated carbocycles. The van der Waals surface area contributed by atoms with Crippen molar-refractivity contribution in [2.75, 3.05) is 13.2 Å². The van der Waals surface area contributed by atoms with Gasteiger partial charge in [0.15, 0.2) is 11.5 Å². The lowest BCUT2D eigenvalue weighted by atomic mass is 10.2. The molecular weight excluding hydrogens is 258 g/mol. The summed E-state index contributed by atoms with van der Waals surface area (Å²) < 4.78 is 14.2. The van der Waals surface area contributed by atoms with Crippen molar-refractivity contribution in [1.29, 1.82) is 0 Å². The third-order valence-electron chi connectivity index (χ3n) is 2.60. The molecular formula is C11H10BrNO2. The topological polar surface area (TPSA) is 23.4 Å². The number of aryl methyl sites for hydroxylation is 1. The van der Waals surface area contributed by atoms with E-state index < -0.39 is 0 Å². The van der Waals surface area contributed by atoms with Gasteiger partial charge in [-0.1, -0.05) is 0 Å². The quantitative estimate of drug-likeness (QED) is 0.733. The highest BCUT2D eigenvalue weighted by Gasteiger charge is 2.15. The fourth-order valence-electron chi connectivity index (χ4n) is 1.87. The van der Waals surface area contributed by atoms with E-state index in [0.717, 1.165) is 26.9 Å². The maximum absolute atomic E-state index is 5.54. The Hall–Kier alpha value is -1.16. The van der Waals surface area contributed by atoms with Gasteiger partial charge in [-0.25, -0.2) is 0 Å². The Balaban J connectivity index is 2.32. The molecule has 0 fully saturated rings. The zero-order valence-electron chi connectivity index (χ0n) is 8.29. The first-order valence-corrected chi connectivity index (χ1v) is 5.59. The molecule has 0 spiro atoms. The van der Waals surface area contributed by atoms with Crippen LogP contribution >= 0.6 is 15.9 Å². The van der Waals surface area contributed by atoms with Crippen molar-refractivity contribution in [2.45, 2.75) is 0 Å². The third kappa shape index (κ3) is 1.32. The molecule has 2 aromatic rings. The Morgan fingerprint density at radius 2 is 1.87 bits per heavy atom. The second-order valence-corrected chi connectivity index (χ2v) is 4.46. The molecule has 0 atom stereocenters. The van der Waals surface area contributed by atoms with Crippen LogP contribution in [0.5, 0.6) is 11.5 Å². The number of aromatic nitrogens is 1. The number of hydrogen-bond acceptors (Lipinski definition) is 2. The second-order valence-electron chi connectivity index (χ2n) is 3.60. The summed E-state index contributed by atoms with van der Waals surface area (Å²) in [5.74, 6) is 1.67. The van der Waals surface area contributed by atoms with Crippen LogP contribution in [-0.4, -0.2) is 17.8 Å². The number of rotatable bonds is 0. The molecule has 2 heterocycles. The first-order valence-electron chi connectivity index (χ1n) is 4.80. The van der Waals surface area contributed by atoms with Crippen LogP contribution in [0.4, 0.5) is 0 Å². The highest BCUT2D eigenvalue weighted by molar-refractivity contribution is 9.10. The highest BCUT2D eigenvalue weighted by atomic mass is 79.9. The van der Waals surface area contributed by atoms with Crippen molar-refractivity contribution in [3.8, 4) is 11.5 Å². The number of ether oxygens (including phenoxy) is 2. The third-order valence-corrected chi connectivity index (χ3v) is 3.24. The van der Waals surface area contributed by atoms with E-state index in [-0.39, 0.29) is 0 Å². The van der Waals surface area contributed by atoms with Crippen LogP contribution < -0.4 is 9.47 Å². The average Bonchev–Trinajstić information content (AvgIpc) is 2.52. The summed E-state index contributed by atoms with van der Waals surface area (Å²) in [4.78, 5) is 0. The van der Waals surface area contributed by atoms with Gasteiger partial charge >= 0.3 is 0 Å². The van der Waals surface area contributed by atoms with Crippen LogP contribution in [0.15, 0.2) is 22.8 Å². The van der Waals surface area contributed by atoms with Crippen molar-refractivity contribution in [3.63, 3.8) is 0 Å². The summed E-state index contributed by atoms with van der Waals surface area (Å²) in [5.41, 5.74) is 1.14. The lowest BCUT2D eigenvalue weighted by Crippen LogP contribution is -2.15. The predicted octanol–water partition coefficient (Wildman–Crippen LogP) is 2.71. The minimum absolute atomic E-state index is 0.628. The van der Waals surface area contributed by atoms with Gasteiger partial charge in [-0.3, -0.25) is 0 Å². The monoisotopic (exact) mass is 267 g/mol. The Kier molecular flexibility index (Phi) is 1.92. The molecule has 1 aromatic heterocycles. The molecule has 3 rings (SSSR count). The zero-order valence-corrected chi connectivity index (χ0v) is 9.87. The Labute approximate surface area is 95.7 Å². The van der Waals surface area contributed by atoms with Gasteiger partial charge in [0.05, 0.1) is 5.52 Å². The standard InChI is InChI=1S/C11H10BrNO2/c1-13-6-8(12)7-4-10-11(5-9(7)13)15-3-2-14-10/h4-6H,2-3H2,1H3. The maximum atomic E-state index is 5.54. The number of fused-ring (bicyclic) bond motifs is 2. The van der Waals surface area contributed by atoms with E-state index in [9.17, 15) is 0 Å². The molecule has 0 bridgehead atoms. The largest absolute Gasteiger partial charge is 0.486 e. The first kappa shape index (κ1) is 9.09. The zero-order chi connectivity index (χ0) is 10.4. The molecule has 0 radical (unpaired) electrons. The first-order chi connectivity index (χ1) is 7.25. The Bertz CT molecular complexity index is 487. The van der Waals surface area contributed by atoms with Gasteiger partial charge in [0, 0.05) is 29.2 Å². The predicted molar refractivity (Wildman–Crippen MR) is 61.6 cm³/mol. The van der Waals surface area contributed by atoms with Crippen molar-refractivity contribution < 1.29 is 9.47 Å². The van der Waals surface area contributed by atoms with Crippen LogP contribution in [0.25, 0.3) is 10.9 Å². The fourth-order valence-corrected chi connectivity index (χ4v) is 2.49. The Morgan fingerprint density at radius 1 is 1.20 bits per heavy atom. The normalized spacial score (nSPS) is 14.5. The van der Waals surface area contributed by atoms with Gasteiger partial charge in [0.1, 0.15) is 13.2 Å². The van der Waals surface area contributed by atoms with Crippen LogP contribution in [0.3, 0.4) is 0 Å². The molecule has 0 aliphatic carbocycles. The fraction of sp³-hybridized carbons (Fsp3) is 0.273. The van der Waals surface area contributed by atoms with Gasteiger partial charge in [0.2, 0.25) is 0 Å². The summed E-state index contributed by atoms with van der Waals surface area (Å²) in [6, 6.07) is 4.04. The van der Waals surface area contributed by atoms with E-state index in [1.165, 1.54) is 0 Å². The van der Waals surface area contributed by atoms with Gasteiger partial charge < -0.3 is 14.0 Å². The number of benzene rings is 1. The van der Waals surface area contributed by atoms with E-state index in [0.29, 0.717) is 13.2 Å². The van der Waals surface area contributed by atoms with Crippen molar-refractivity contribution in [1.82, 2.24) is 4.57 Å². The van der Waals surface area contributed by atoms with Crippen molar-refractivity contribution in [3.05, 3.63) is 22.8 Å². The van der Waals surface area contributed by atoms with E-state index >= 15 is 0 Å².